The first-order valence-corrected chi connectivity index (χ1v) is 9.78. The van der Waals surface area contributed by atoms with Crippen LogP contribution in [0, 0.1) is 17.0 Å². The van der Waals surface area contributed by atoms with E-state index in [1.54, 1.807) is 19.1 Å². The summed E-state index contributed by atoms with van der Waals surface area (Å²) in [7, 11) is -2.88. The highest BCUT2D eigenvalue weighted by molar-refractivity contribution is 7.90. The van der Waals surface area contributed by atoms with Crippen LogP contribution in [0.15, 0.2) is 47.9 Å². The van der Waals surface area contributed by atoms with Crippen molar-refractivity contribution in [3.8, 4) is 5.75 Å². The molecule has 1 N–H and O–H groups in total. The van der Waals surface area contributed by atoms with Crippen LogP contribution in [-0.2, 0) is 26.7 Å². The number of phenols is 1. The Labute approximate surface area is 162 Å². The van der Waals surface area contributed by atoms with Crippen molar-refractivity contribution in [2.24, 2.45) is 0 Å². The first-order chi connectivity index (χ1) is 13.1. The summed E-state index contributed by atoms with van der Waals surface area (Å²) >= 11 is 0. The Morgan fingerprint density at radius 2 is 1.89 bits per heavy atom. The van der Waals surface area contributed by atoms with Gasteiger partial charge in [-0.3, -0.25) is 10.1 Å². The third kappa shape index (κ3) is 4.20. The van der Waals surface area contributed by atoms with E-state index in [-0.39, 0.29) is 22.4 Å². The standard InChI is InChI=1S/C19H19NO7S/c1-4-5-14-16(11-28(25,26)13-8-6-12(2)7-9-13)17(20(23)24)10-15(18(14)21)19(22)27-3/h4,6-10,21H,1,5,11H2,2-3H3. The number of benzene rings is 2. The van der Waals surface area contributed by atoms with Crippen LogP contribution >= 0.6 is 0 Å². The van der Waals surface area contributed by atoms with Crippen LogP contribution in [0.5, 0.6) is 5.75 Å². The molecule has 148 valence electrons. The van der Waals surface area contributed by atoms with Crippen LogP contribution in [0.25, 0.3) is 0 Å². The molecule has 2 aromatic carbocycles. The van der Waals surface area contributed by atoms with Crippen molar-refractivity contribution in [1.29, 1.82) is 0 Å². The number of aryl methyl sites for hydroxylation is 1. The van der Waals surface area contributed by atoms with Crippen molar-refractivity contribution in [2.75, 3.05) is 7.11 Å². The summed E-state index contributed by atoms with van der Waals surface area (Å²) in [6.07, 6.45) is 1.28. The number of hydrogen-bond donors (Lipinski definition) is 1. The van der Waals surface area contributed by atoms with E-state index in [1.165, 1.54) is 18.2 Å². The van der Waals surface area contributed by atoms with Crippen LogP contribution in [-0.4, -0.2) is 31.5 Å². The molecule has 0 saturated carbocycles. The molecule has 2 rings (SSSR count). The van der Waals surface area contributed by atoms with Crippen LogP contribution < -0.4 is 0 Å². The summed E-state index contributed by atoms with van der Waals surface area (Å²) in [6, 6.07) is 6.87. The second-order valence-corrected chi connectivity index (χ2v) is 8.05. The molecule has 0 fully saturated rings. The van der Waals surface area contributed by atoms with Gasteiger partial charge in [0.15, 0.2) is 9.84 Å². The smallest absolute Gasteiger partial charge is 0.341 e. The molecular weight excluding hydrogens is 386 g/mol. The van der Waals surface area contributed by atoms with Gasteiger partial charge in [0.05, 0.1) is 28.2 Å². The van der Waals surface area contributed by atoms with Crippen molar-refractivity contribution in [1.82, 2.24) is 0 Å². The van der Waals surface area contributed by atoms with E-state index < -0.39 is 43.5 Å². The SMILES string of the molecule is C=CCc1c(O)c(C(=O)OC)cc([N+](=O)[O-])c1CS(=O)(=O)c1ccc(C)cc1. The number of nitro benzene ring substituents is 1. The van der Waals surface area contributed by atoms with E-state index in [0.717, 1.165) is 18.7 Å². The number of ether oxygens (including phenoxy) is 1. The molecule has 0 heterocycles. The zero-order valence-electron chi connectivity index (χ0n) is 15.3. The third-order valence-corrected chi connectivity index (χ3v) is 5.82. The van der Waals surface area contributed by atoms with Gasteiger partial charge in [-0.25, -0.2) is 13.2 Å². The van der Waals surface area contributed by atoms with Gasteiger partial charge in [0.25, 0.3) is 5.69 Å². The molecule has 8 nitrogen and oxygen atoms in total. The maximum atomic E-state index is 12.8. The van der Waals surface area contributed by atoms with Crippen molar-refractivity contribution in [2.45, 2.75) is 24.0 Å². The number of carbonyl (C=O) groups is 1. The van der Waals surface area contributed by atoms with Crippen LogP contribution in [0.3, 0.4) is 0 Å². The number of esters is 1. The third-order valence-electron chi connectivity index (χ3n) is 4.16. The van der Waals surface area contributed by atoms with E-state index >= 15 is 0 Å². The number of phenolic OH excluding ortho intramolecular Hbond substituents is 1. The normalized spacial score (nSPS) is 11.1. The topological polar surface area (TPSA) is 124 Å². The number of rotatable bonds is 7. The molecule has 28 heavy (non-hydrogen) atoms. The van der Waals surface area contributed by atoms with Crippen molar-refractivity contribution < 1.29 is 28.0 Å². The van der Waals surface area contributed by atoms with Gasteiger partial charge in [0.2, 0.25) is 0 Å². The van der Waals surface area contributed by atoms with Gasteiger partial charge in [0.1, 0.15) is 11.3 Å². The number of allylic oxidation sites excluding steroid dienone is 1. The average Bonchev–Trinajstić information content (AvgIpc) is 2.64. The lowest BCUT2D eigenvalue weighted by atomic mass is 9.98. The van der Waals surface area contributed by atoms with Crippen molar-refractivity contribution >= 4 is 21.5 Å². The molecular formula is C19H19NO7S. The second-order valence-electron chi connectivity index (χ2n) is 6.06. The van der Waals surface area contributed by atoms with Gasteiger partial charge in [-0.15, -0.1) is 6.58 Å². The first kappa shape index (κ1) is 21.1. The molecule has 9 heteroatoms. The number of hydrogen-bond acceptors (Lipinski definition) is 7. The predicted octanol–water partition coefficient (Wildman–Crippen LogP) is 3.10. The molecule has 0 saturated heterocycles. The average molecular weight is 405 g/mol. The molecule has 0 radical (unpaired) electrons. The predicted molar refractivity (Wildman–Crippen MR) is 102 cm³/mol. The number of methoxy groups -OCH3 is 1. The Hall–Kier alpha value is -3.20. The summed E-state index contributed by atoms with van der Waals surface area (Å²) in [5.74, 6) is -2.25. The van der Waals surface area contributed by atoms with Crippen molar-refractivity contribution in [3.63, 3.8) is 0 Å². The zero-order valence-corrected chi connectivity index (χ0v) is 16.2. The number of aromatic hydroxyl groups is 1. The van der Waals surface area contributed by atoms with Crippen LogP contribution in [0.4, 0.5) is 5.69 Å². The Morgan fingerprint density at radius 1 is 1.29 bits per heavy atom. The van der Waals surface area contributed by atoms with E-state index in [4.69, 9.17) is 0 Å². The van der Waals surface area contributed by atoms with Gasteiger partial charge in [-0.1, -0.05) is 23.8 Å². The molecule has 0 atom stereocenters. The number of nitrogens with zero attached hydrogens (tertiary/aromatic N) is 1. The largest absolute Gasteiger partial charge is 0.507 e. The molecule has 0 unspecified atom stereocenters. The Kier molecular flexibility index (Phi) is 6.19. The molecule has 0 bridgehead atoms. The summed E-state index contributed by atoms with van der Waals surface area (Å²) in [6.45, 7) is 5.32. The fraction of sp³-hybridized carbons (Fsp3) is 0.211. The molecule has 0 aliphatic heterocycles. The monoisotopic (exact) mass is 405 g/mol. The maximum Gasteiger partial charge on any atom is 0.341 e. The summed E-state index contributed by atoms with van der Waals surface area (Å²) in [5, 5.41) is 22.0. The Bertz CT molecular complexity index is 1040. The summed E-state index contributed by atoms with van der Waals surface area (Å²) in [5.41, 5.74) is -0.401. The van der Waals surface area contributed by atoms with Gasteiger partial charge in [0, 0.05) is 11.6 Å². The van der Waals surface area contributed by atoms with Gasteiger partial charge in [-0.2, -0.15) is 0 Å². The lowest BCUT2D eigenvalue weighted by Crippen LogP contribution is -2.12. The van der Waals surface area contributed by atoms with E-state index in [2.05, 4.69) is 11.3 Å². The van der Waals surface area contributed by atoms with E-state index in [0.29, 0.717) is 0 Å². The minimum absolute atomic E-state index is 0.00603. The number of sulfone groups is 1. The molecule has 0 spiro atoms. The molecule has 2 aromatic rings. The lowest BCUT2D eigenvalue weighted by molar-refractivity contribution is -0.385. The lowest BCUT2D eigenvalue weighted by Gasteiger charge is -2.14. The number of carbonyl (C=O) groups excluding carboxylic acids is 1. The Balaban J connectivity index is 2.72. The minimum Gasteiger partial charge on any atom is -0.507 e. The number of nitro groups is 1. The highest BCUT2D eigenvalue weighted by Crippen LogP contribution is 2.36. The van der Waals surface area contributed by atoms with E-state index in [1.807, 2.05) is 0 Å². The summed E-state index contributed by atoms with van der Waals surface area (Å²) in [4.78, 5) is 22.6. The second kappa shape index (κ2) is 8.22. The fourth-order valence-electron chi connectivity index (χ4n) is 2.72. The summed E-state index contributed by atoms with van der Waals surface area (Å²) < 4.78 is 30.2. The quantitative estimate of drug-likeness (QED) is 0.325. The van der Waals surface area contributed by atoms with Crippen molar-refractivity contribution in [3.05, 3.63) is 75.4 Å². The molecule has 0 aromatic heterocycles. The molecule has 0 aliphatic carbocycles. The van der Waals surface area contributed by atoms with Gasteiger partial charge >= 0.3 is 5.97 Å². The van der Waals surface area contributed by atoms with E-state index in [9.17, 15) is 28.4 Å². The van der Waals surface area contributed by atoms with Gasteiger partial charge < -0.3 is 9.84 Å². The van der Waals surface area contributed by atoms with Crippen LogP contribution in [0.2, 0.25) is 0 Å². The Morgan fingerprint density at radius 3 is 2.39 bits per heavy atom. The maximum absolute atomic E-state index is 12.8. The fourth-order valence-corrected chi connectivity index (χ4v) is 4.14. The zero-order chi connectivity index (χ0) is 21.1. The first-order valence-electron chi connectivity index (χ1n) is 8.13. The highest BCUT2D eigenvalue weighted by Gasteiger charge is 2.30. The highest BCUT2D eigenvalue weighted by atomic mass is 32.2. The molecule has 0 aliphatic rings. The van der Waals surface area contributed by atoms with Gasteiger partial charge in [-0.05, 0) is 25.5 Å². The molecule has 0 amide bonds. The minimum atomic E-state index is -3.95. The van der Waals surface area contributed by atoms with Crippen LogP contribution in [0.1, 0.15) is 27.0 Å².